The SMILES string of the molecule is Cc1cc(F)cc(C(O)c2ccc(C)c(Cl)c2)c1. The first-order chi connectivity index (χ1) is 8.47. The summed E-state index contributed by atoms with van der Waals surface area (Å²) < 4.78 is 13.3. The highest BCUT2D eigenvalue weighted by molar-refractivity contribution is 6.31. The molecule has 0 bridgehead atoms. The molecular weight excluding hydrogens is 251 g/mol. The van der Waals surface area contributed by atoms with E-state index >= 15 is 0 Å². The van der Waals surface area contributed by atoms with Crippen molar-refractivity contribution in [2.75, 3.05) is 0 Å². The first-order valence-electron chi connectivity index (χ1n) is 5.68. The van der Waals surface area contributed by atoms with E-state index in [0.717, 1.165) is 11.1 Å². The van der Waals surface area contributed by atoms with Crippen LogP contribution in [0.15, 0.2) is 36.4 Å². The molecule has 0 saturated carbocycles. The van der Waals surface area contributed by atoms with Crippen molar-refractivity contribution >= 4 is 11.6 Å². The Hall–Kier alpha value is -1.38. The van der Waals surface area contributed by atoms with E-state index < -0.39 is 6.10 Å². The predicted octanol–water partition coefficient (Wildman–Crippen LogP) is 4.18. The quantitative estimate of drug-likeness (QED) is 0.863. The van der Waals surface area contributed by atoms with E-state index in [9.17, 15) is 9.50 Å². The fourth-order valence-electron chi connectivity index (χ4n) is 1.89. The van der Waals surface area contributed by atoms with E-state index in [1.54, 1.807) is 25.1 Å². The third-order valence-electron chi connectivity index (χ3n) is 2.89. The lowest BCUT2D eigenvalue weighted by molar-refractivity contribution is 0.219. The van der Waals surface area contributed by atoms with Gasteiger partial charge < -0.3 is 5.11 Å². The summed E-state index contributed by atoms with van der Waals surface area (Å²) in [4.78, 5) is 0. The standard InChI is InChI=1S/C15H14ClFO/c1-9-5-12(7-13(17)6-9)15(18)11-4-3-10(2)14(16)8-11/h3-8,15,18H,1-2H3. The lowest BCUT2D eigenvalue weighted by Crippen LogP contribution is -2.01. The van der Waals surface area contributed by atoms with Gasteiger partial charge >= 0.3 is 0 Å². The number of benzene rings is 2. The topological polar surface area (TPSA) is 20.2 Å². The van der Waals surface area contributed by atoms with Crippen molar-refractivity contribution in [3.8, 4) is 0 Å². The van der Waals surface area contributed by atoms with Crippen molar-refractivity contribution in [2.24, 2.45) is 0 Å². The Labute approximate surface area is 111 Å². The molecule has 0 aliphatic rings. The molecule has 1 N–H and O–H groups in total. The number of aryl methyl sites for hydroxylation is 2. The minimum Gasteiger partial charge on any atom is -0.384 e. The van der Waals surface area contributed by atoms with E-state index in [2.05, 4.69) is 0 Å². The number of aliphatic hydroxyl groups is 1. The zero-order valence-corrected chi connectivity index (χ0v) is 11.0. The lowest BCUT2D eigenvalue weighted by atomic mass is 9.99. The second-order valence-corrected chi connectivity index (χ2v) is 4.88. The molecule has 2 aromatic carbocycles. The lowest BCUT2D eigenvalue weighted by Gasteiger charge is -2.13. The van der Waals surface area contributed by atoms with Crippen LogP contribution in [0.4, 0.5) is 4.39 Å². The van der Waals surface area contributed by atoms with Crippen LogP contribution in [0.2, 0.25) is 5.02 Å². The van der Waals surface area contributed by atoms with Gasteiger partial charge in [-0.1, -0.05) is 29.8 Å². The molecule has 0 fully saturated rings. The van der Waals surface area contributed by atoms with Gasteiger partial charge in [-0.05, 0) is 54.3 Å². The molecule has 18 heavy (non-hydrogen) atoms. The highest BCUT2D eigenvalue weighted by atomic mass is 35.5. The molecule has 0 radical (unpaired) electrons. The molecule has 0 aromatic heterocycles. The number of rotatable bonds is 2. The van der Waals surface area contributed by atoms with Crippen LogP contribution in [-0.2, 0) is 0 Å². The summed E-state index contributed by atoms with van der Waals surface area (Å²) in [5.41, 5.74) is 2.92. The zero-order valence-electron chi connectivity index (χ0n) is 10.2. The molecule has 0 spiro atoms. The molecule has 0 aliphatic heterocycles. The van der Waals surface area contributed by atoms with Crippen LogP contribution in [0.3, 0.4) is 0 Å². The van der Waals surface area contributed by atoms with Crippen molar-refractivity contribution in [1.29, 1.82) is 0 Å². The number of hydrogen-bond donors (Lipinski definition) is 1. The third kappa shape index (κ3) is 2.71. The van der Waals surface area contributed by atoms with Crippen LogP contribution in [0.1, 0.15) is 28.4 Å². The Morgan fingerprint density at radius 3 is 2.39 bits per heavy atom. The molecule has 3 heteroatoms. The summed E-state index contributed by atoms with van der Waals surface area (Å²) in [5.74, 6) is -0.345. The zero-order chi connectivity index (χ0) is 13.3. The average molecular weight is 265 g/mol. The van der Waals surface area contributed by atoms with Gasteiger partial charge in [0.05, 0.1) is 0 Å². The molecule has 0 aliphatic carbocycles. The van der Waals surface area contributed by atoms with Gasteiger partial charge in [0.15, 0.2) is 0 Å². The van der Waals surface area contributed by atoms with Crippen molar-refractivity contribution in [2.45, 2.75) is 20.0 Å². The molecule has 1 unspecified atom stereocenters. The number of halogens is 2. The summed E-state index contributed by atoms with van der Waals surface area (Å²) in [7, 11) is 0. The maximum absolute atomic E-state index is 13.3. The van der Waals surface area contributed by atoms with Gasteiger partial charge in [-0.2, -0.15) is 0 Å². The molecule has 2 aromatic rings. The van der Waals surface area contributed by atoms with Crippen LogP contribution in [0, 0.1) is 19.7 Å². The van der Waals surface area contributed by atoms with Crippen LogP contribution in [-0.4, -0.2) is 5.11 Å². The minimum atomic E-state index is -0.863. The minimum absolute atomic E-state index is 0.345. The van der Waals surface area contributed by atoms with Gasteiger partial charge in [0.25, 0.3) is 0 Å². The molecule has 0 heterocycles. The molecule has 2 rings (SSSR count). The van der Waals surface area contributed by atoms with E-state index in [1.165, 1.54) is 12.1 Å². The van der Waals surface area contributed by atoms with Crippen LogP contribution < -0.4 is 0 Å². The summed E-state index contributed by atoms with van der Waals surface area (Å²) >= 11 is 6.02. The first kappa shape index (κ1) is 13.1. The first-order valence-corrected chi connectivity index (χ1v) is 6.06. The van der Waals surface area contributed by atoms with Gasteiger partial charge in [0.1, 0.15) is 11.9 Å². The fourth-order valence-corrected chi connectivity index (χ4v) is 2.08. The fraction of sp³-hybridized carbons (Fsp3) is 0.200. The van der Waals surface area contributed by atoms with Crippen molar-refractivity contribution in [3.05, 3.63) is 69.5 Å². The van der Waals surface area contributed by atoms with E-state index in [1.807, 2.05) is 13.0 Å². The molecule has 1 nitrogen and oxygen atoms in total. The van der Waals surface area contributed by atoms with E-state index in [4.69, 9.17) is 11.6 Å². The molecule has 0 saturated heterocycles. The van der Waals surface area contributed by atoms with Crippen LogP contribution >= 0.6 is 11.6 Å². The normalized spacial score (nSPS) is 12.5. The van der Waals surface area contributed by atoms with Crippen LogP contribution in [0.25, 0.3) is 0 Å². The predicted molar refractivity (Wildman–Crippen MR) is 71.4 cm³/mol. The van der Waals surface area contributed by atoms with Crippen molar-refractivity contribution in [3.63, 3.8) is 0 Å². The van der Waals surface area contributed by atoms with Gasteiger partial charge in [-0.3, -0.25) is 0 Å². The van der Waals surface area contributed by atoms with Crippen LogP contribution in [0.5, 0.6) is 0 Å². The van der Waals surface area contributed by atoms with Gasteiger partial charge in [-0.15, -0.1) is 0 Å². The van der Waals surface area contributed by atoms with Crippen molar-refractivity contribution < 1.29 is 9.50 Å². The Balaban J connectivity index is 2.40. The van der Waals surface area contributed by atoms with Gasteiger partial charge in [0, 0.05) is 5.02 Å². The number of aliphatic hydroxyl groups excluding tert-OH is 1. The summed E-state index contributed by atoms with van der Waals surface area (Å²) in [6.45, 7) is 3.69. The second kappa shape index (κ2) is 5.09. The highest BCUT2D eigenvalue weighted by Crippen LogP contribution is 2.27. The summed E-state index contributed by atoms with van der Waals surface area (Å²) in [6, 6.07) is 9.88. The highest BCUT2D eigenvalue weighted by Gasteiger charge is 2.13. The Morgan fingerprint density at radius 1 is 1.06 bits per heavy atom. The Kier molecular flexibility index (Phi) is 3.69. The van der Waals surface area contributed by atoms with Gasteiger partial charge in [-0.25, -0.2) is 4.39 Å². The molecule has 94 valence electrons. The maximum atomic E-state index is 13.3. The Morgan fingerprint density at radius 2 is 1.78 bits per heavy atom. The molecule has 1 atom stereocenters. The third-order valence-corrected chi connectivity index (χ3v) is 3.30. The summed E-state index contributed by atoms with van der Waals surface area (Å²) in [6.07, 6.45) is -0.863. The average Bonchev–Trinajstić information content (AvgIpc) is 2.30. The summed E-state index contributed by atoms with van der Waals surface area (Å²) in [5, 5.41) is 10.8. The van der Waals surface area contributed by atoms with Crippen molar-refractivity contribution in [1.82, 2.24) is 0 Å². The smallest absolute Gasteiger partial charge is 0.123 e. The monoisotopic (exact) mass is 264 g/mol. The number of hydrogen-bond acceptors (Lipinski definition) is 1. The second-order valence-electron chi connectivity index (χ2n) is 4.47. The molecule has 0 amide bonds. The van der Waals surface area contributed by atoms with E-state index in [-0.39, 0.29) is 5.82 Å². The van der Waals surface area contributed by atoms with Gasteiger partial charge in [0.2, 0.25) is 0 Å². The maximum Gasteiger partial charge on any atom is 0.123 e. The molecular formula is C15H14ClFO. The van der Waals surface area contributed by atoms with E-state index in [0.29, 0.717) is 16.1 Å². The largest absolute Gasteiger partial charge is 0.384 e. The Bertz CT molecular complexity index is 560.